The lowest BCUT2D eigenvalue weighted by molar-refractivity contribution is -0.151. The smallest absolute Gasteiger partial charge is 0.306 e. The predicted octanol–water partition coefficient (Wildman–Crippen LogP) is 6.32. The third kappa shape index (κ3) is 7.23. The van der Waals surface area contributed by atoms with E-state index in [1.165, 1.54) is 4.90 Å². The first-order valence-corrected chi connectivity index (χ1v) is 21.6. The summed E-state index contributed by atoms with van der Waals surface area (Å²) in [6, 6.07) is 1.15. The number of sulfonamides is 1. The Bertz CT molecular complexity index is 2150. The number of carbonyl (C=O) groups excluding carboxylic acids is 4. The van der Waals surface area contributed by atoms with Gasteiger partial charge in [0, 0.05) is 41.2 Å². The molecule has 4 fully saturated rings. The molecule has 1 saturated heterocycles. The van der Waals surface area contributed by atoms with E-state index in [-0.39, 0.29) is 48.8 Å². The first-order chi connectivity index (χ1) is 26.5. The molecule has 0 unspecified atom stereocenters. The number of aromatic nitrogens is 1. The maximum Gasteiger partial charge on any atom is 0.306 e. The summed E-state index contributed by atoms with van der Waals surface area (Å²) in [4.78, 5) is 62.8. The highest BCUT2D eigenvalue weighted by molar-refractivity contribution is 7.91. The van der Waals surface area contributed by atoms with Crippen LogP contribution in [-0.2, 0) is 40.4 Å². The van der Waals surface area contributed by atoms with E-state index in [1.54, 1.807) is 13.8 Å². The Morgan fingerprint density at radius 1 is 1.04 bits per heavy atom. The molecular weight excluding hydrogens is 745 g/mol. The number of halogens is 2. The Morgan fingerprint density at radius 3 is 2.52 bits per heavy atom. The lowest BCUT2D eigenvalue weighted by Gasteiger charge is -2.36. The van der Waals surface area contributed by atoms with E-state index in [9.17, 15) is 36.4 Å². The number of aryl methyl sites for hydroxylation is 2. The standard InChI is InChI=1S/C42H51F2N3O8S/c1-25-36-28(29-18-30(43)31(44)19-32(29)45-25)11-12-41(55-36)21-33-34(48)22-42(38(51)46-56(52,53)40(3)15-16-40)20-27(42)10-8-6-4-5-7-9-26(37(50)47(33)23-41)17-35(49)54-24-39(2)13-14-39/h8,10,18-19,26-27,33H,4-7,9,11-17,20-24H2,1-3H3,(H,46,51)/b10-8-/t26-,27-,33+,41-,42-/m1/s1. The maximum atomic E-state index is 14.8. The number of Topliss-reactive ketones (excluding diaryl/α,β-unsaturated/α-hetero) is 1. The molecule has 2 aromatic rings. The SMILES string of the molecule is Cc1nc2cc(F)c(F)cc2c2c1O[C@]1(CC2)C[C@H]2C(=O)C[C@]3(C(=O)NS(=O)(=O)C4(C)CC4)C[C@H]3/C=C\CCCCC[C@H](CC(=O)OCC3(C)CC3)C(=O)N2C1. The molecule has 56 heavy (non-hydrogen) atoms. The van der Waals surface area contributed by atoms with Crippen LogP contribution in [0.25, 0.3) is 10.9 Å². The number of nitrogens with one attached hydrogen (secondary N) is 1. The van der Waals surface area contributed by atoms with Crippen LogP contribution in [0.2, 0.25) is 0 Å². The van der Waals surface area contributed by atoms with Crippen molar-refractivity contribution in [2.75, 3.05) is 13.2 Å². The van der Waals surface area contributed by atoms with Crippen LogP contribution in [-0.4, -0.2) is 71.4 Å². The molecule has 3 aliphatic carbocycles. The van der Waals surface area contributed by atoms with Crippen molar-refractivity contribution < 1.29 is 45.9 Å². The fourth-order valence-corrected chi connectivity index (χ4v) is 10.4. The summed E-state index contributed by atoms with van der Waals surface area (Å²) in [7, 11) is -3.97. The number of amides is 2. The summed E-state index contributed by atoms with van der Waals surface area (Å²) in [5, 5.41) is 0.425. The van der Waals surface area contributed by atoms with E-state index >= 15 is 0 Å². The number of esters is 1. The number of ketones is 1. The normalized spacial score (nSPS) is 31.2. The highest BCUT2D eigenvalue weighted by Gasteiger charge is 2.63. The maximum absolute atomic E-state index is 14.8. The molecule has 14 heteroatoms. The third-order valence-corrected chi connectivity index (χ3v) is 15.8. The topological polar surface area (TPSA) is 149 Å². The van der Waals surface area contributed by atoms with Gasteiger partial charge in [-0.1, -0.05) is 31.9 Å². The molecule has 11 nitrogen and oxygen atoms in total. The van der Waals surface area contributed by atoms with E-state index in [4.69, 9.17) is 9.47 Å². The molecule has 0 radical (unpaired) electrons. The summed E-state index contributed by atoms with van der Waals surface area (Å²) < 4.78 is 68.8. The molecule has 0 bridgehead atoms. The van der Waals surface area contributed by atoms with Gasteiger partial charge in [0.05, 0.1) is 47.0 Å². The van der Waals surface area contributed by atoms with Gasteiger partial charge in [0.2, 0.25) is 21.8 Å². The van der Waals surface area contributed by atoms with Crippen molar-refractivity contribution in [1.29, 1.82) is 0 Å². The Hall–Kier alpha value is -3.94. The van der Waals surface area contributed by atoms with Crippen molar-refractivity contribution in [1.82, 2.24) is 14.6 Å². The number of hydrogen-bond acceptors (Lipinski definition) is 9. The van der Waals surface area contributed by atoms with Gasteiger partial charge in [0.1, 0.15) is 11.4 Å². The number of fused-ring (bicyclic) bond motifs is 5. The van der Waals surface area contributed by atoms with Crippen molar-refractivity contribution in [2.24, 2.45) is 22.7 Å². The van der Waals surface area contributed by atoms with Gasteiger partial charge in [0.15, 0.2) is 17.4 Å². The van der Waals surface area contributed by atoms with Gasteiger partial charge < -0.3 is 14.4 Å². The van der Waals surface area contributed by atoms with Crippen LogP contribution in [0.5, 0.6) is 5.75 Å². The van der Waals surface area contributed by atoms with E-state index in [0.29, 0.717) is 79.5 Å². The van der Waals surface area contributed by atoms with Crippen LogP contribution in [0, 0.1) is 41.2 Å². The molecule has 1 N–H and O–H groups in total. The van der Waals surface area contributed by atoms with Crippen LogP contribution in [0.1, 0.15) is 115 Å². The number of carbonyl (C=O) groups is 4. The minimum atomic E-state index is -3.97. The summed E-state index contributed by atoms with van der Waals surface area (Å²) >= 11 is 0. The number of allylic oxidation sites excluding steroid dienone is 2. The minimum absolute atomic E-state index is 0.0236. The van der Waals surface area contributed by atoms with E-state index in [2.05, 4.69) is 16.6 Å². The molecule has 1 aromatic carbocycles. The summed E-state index contributed by atoms with van der Waals surface area (Å²) in [5.41, 5.74) is -0.960. The van der Waals surface area contributed by atoms with Crippen LogP contribution >= 0.6 is 0 Å². The molecule has 3 saturated carbocycles. The van der Waals surface area contributed by atoms with Gasteiger partial charge in [-0.25, -0.2) is 22.2 Å². The highest BCUT2D eigenvalue weighted by atomic mass is 32.2. The number of nitrogens with zero attached hydrogens (tertiary/aromatic N) is 2. The number of benzene rings is 1. The third-order valence-electron chi connectivity index (χ3n) is 13.6. The molecule has 1 spiro atoms. The minimum Gasteiger partial charge on any atom is -0.483 e. The molecule has 4 heterocycles. The zero-order valence-electron chi connectivity index (χ0n) is 32.4. The lowest BCUT2D eigenvalue weighted by Crippen LogP contribution is -2.48. The zero-order chi connectivity index (χ0) is 39.8. The molecule has 2 amide bonds. The van der Waals surface area contributed by atoms with Gasteiger partial charge in [-0.05, 0) is 90.0 Å². The number of pyridine rings is 1. The Labute approximate surface area is 326 Å². The van der Waals surface area contributed by atoms with Crippen molar-refractivity contribution in [2.45, 2.75) is 133 Å². The first kappa shape index (κ1) is 38.9. The largest absolute Gasteiger partial charge is 0.483 e. The monoisotopic (exact) mass is 795 g/mol. The average Bonchev–Trinajstić information content (AvgIpc) is 4.11. The fourth-order valence-electron chi connectivity index (χ4n) is 9.03. The zero-order valence-corrected chi connectivity index (χ0v) is 33.2. The number of rotatable bonds is 7. The molecule has 6 aliphatic rings. The highest BCUT2D eigenvalue weighted by Crippen LogP contribution is 2.58. The summed E-state index contributed by atoms with van der Waals surface area (Å²) in [6.45, 7) is 5.68. The quantitative estimate of drug-likeness (QED) is 0.251. The van der Waals surface area contributed by atoms with Crippen molar-refractivity contribution in [3.05, 3.63) is 47.2 Å². The average molecular weight is 796 g/mol. The van der Waals surface area contributed by atoms with Crippen molar-refractivity contribution >= 4 is 44.5 Å². The van der Waals surface area contributed by atoms with E-state index < -0.39 is 61.3 Å². The first-order valence-electron chi connectivity index (χ1n) is 20.2. The number of ether oxygens (including phenoxy) is 2. The number of hydrogen-bond donors (Lipinski definition) is 1. The Morgan fingerprint density at radius 2 is 1.79 bits per heavy atom. The molecule has 302 valence electrons. The molecule has 8 rings (SSSR count). The van der Waals surface area contributed by atoms with Gasteiger partial charge in [-0.15, -0.1) is 0 Å². The summed E-state index contributed by atoms with van der Waals surface area (Å²) in [5.74, 6) is -4.62. The van der Waals surface area contributed by atoms with Gasteiger partial charge >= 0.3 is 5.97 Å². The second-order valence-electron chi connectivity index (χ2n) is 18.2. The van der Waals surface area contributed by atoms with Gasteiger partial charge in [-0.3, -0.25) is 23.9 Å². The van der Waals surface area contributed by atoms with Gasteiger partial charge in [-0.2, -0.15) is 0 Å². The predicted molar refractivity (Wildman–Crippen MR) is 202 cm³/mol. The Balaban J connectivity index is 1.12. The van der Waals surface area contributed by atoms with Crippen LogP contribution in [0.15, 0.2) is 24.3 Å². The molecular formula is C42H51F2N3O8S. The molecule has 1 aromatic heterocycles. The molecule has 5 atom stereocenters. The van der Waals surface area contributed by atoms with Crippen LogP contribution in [0.4, 0.5) is 8.78 Å². The summed E-state index contributed by atoms with van der Waals surface area (Å²) in [6.07, 6.45) is 10.9. The lowest BCUT2D eigenvalue weighted by atomic mass is 9.85. The van der Waals surface area contributed by atoms with Crippen LogP contribution < -0.4 is 9.46 Å². The van der Waals surface area contributed by atoms with Crippen LogP contribution in [0.3, 0.4) is 0 Å². The second kappa shape index (κ2) is 13.9. The second-order valence-corrected chi connectivity index (χ2v) is 20.4. The van der Waals surface area contributed by atoms with Gasteiger partial charge in [0.25, 0.3) is 0 Å². The van der Waals surface area contributed by atoms with E-state index in [1.807, 2.05) is 12.2 Å². The van der Waals surface area contributed by atoms with E-state index in [0.717, 1.165) is 44.2 Å². The van der Waals surface area contributed by atoms with Crippen molar-refractivity contribution in [3.63, 3.8) is 0 Å². The Kier molecular flexibility index (Phi) is 9.64. The molecule has 3 aliphatic heterocycles. The van der Waals surface area contributed by atoms with Crippen molar-refractivity contribution in [3.8, 4) is 5.75 Å². The fraction of sp³-hybridized carbons (Fsp3) is 0.643.